The molecule has 1 amide bonds. The lowest BCUT2D eigenvalue weighted by molar-refractivity contribution is -0.125. The van der Waals surface area contributed by atoms with E-state index >= 15 is 0 Å². The van der Waals surface area contributed by atoms with Crippen LogP contribution in [0.5, 0.6) is 0 Å². The highest BCUT2D eigenvalue weighted by Gasteiger charge is 2.30. The van der Waals surface area contributed by atoms with Gasteiger partial charge in [-0.05, 0) is 31.2 Å². The summed E-state index contributed by atoms with van der Waals surface area (Å²) in [6, 6.07) is 11.0. The number of nitrogens with one attached hydrogen (secondary N) is 1. The molecule has 0 bridgehead atoms. The fourth-order valence-corrected chi connectivity index (χ4v) is 3.51. The Bertz CT molecular complexity index is 476. The van der Waals surface area contributed by atoms with Crippen LogP contribution >= 0.6 is 0 Å². The Labute approximate surface area is 126 Å². The van der Waals surface area contributed by atoms with E-state index in [9.17, 15) is 4.79 Å². The van der Waals surface area contributed by atoms with Gasteiger partial charge in [-0.25, -0.2) is 0 Å². The minimum absolute atomic E-state index is 0.142. The molecular formula is C17H25N3O. The van der Waals surface area contributed by atoms with Crippen LogP contribution in [0.4, 0.5) is 0 Å². The van der Waals surface area contributed by atoms with Gasteiger partial charge in [0.1, 0.15) is 0 Å². The Hall–Kier alpha value is -1.39. The summed E-state index contributed by atoms with van der Waals surface area (Å²) in [6.07, 6.45) is 3.85. The summed E-state index contributed by atoms with van der Waals surface area (Å²) in [5, 5.41) is 3.22. The van der Waals surface area contributed by atoms with Crippen molar-refractivity contribution in [3.05, 3.63) is 35.9 Å². The zero-order chi connectivity index (χ0) is 14.7. The maximum atomic E-state index is 12.2. The second-order valence-electron chi connectivity index (χ2n) is 6.48. The number of nitrogens with zero attached hydrogens (tertiary/aromatic N) is 1. The number of benzene rings is 1. The van der Waals surface area contributed by atoms with Crippen LogP contribution < -0.4 is 11.1 Å². The van der Waals surface area contributed by atoms with Crippen LogP contribution in [-0.4, -0.2) is 36.0 Å². The molecule has 1 aromatic carbocycles. The number of rotatable bonds is 4. The molecule has 2 fully saturated rings. The molecule has 1 heterocycles. The Kier molecular flexibility index (Phi) is 4.56. The molecule has 1 aliphatic carbocycles. The second kappa shape index (κ2) is 6.58. The number of hydrogen-bond acceptors (Lipinski definition) is 3. The maximum absolute atomic E-state index is 12.2. The van der Waals surface area contributed by atoms with Crippen molar-refractivity contribution in [2.24, 2.45) is 11.7 Å². The van der Waals surface area contributed by atoms with E-state index in [0.717, 1.165) is 45.3 Å². The molecule has 1 aliphatic heterocycles. The van der Waals surface area contributed by atoms with Crippen molar-refractivity contribution in [1.29, 1.82) is 0 Å². The lowest BCUT2D eigenvalue weighted by Gasteiger charge is -2.18. The van der Waals surface area contributed by atoms with Gasteiger partial charge in [0, 0.05) is 37.6 Å². The van der Waals surface area contributed by atoms with E-state index in [-0.39, 0.29) is 17.9 Å². The predicted molar refractivity (Wildman–Crippen MR) is 83.6 cm³/mol. The van der Waals surface area contributed by atoms with Gasteiger partial charge in [-0.2, -0.15) is 0 Å². The topological polar surface area (TPSA) is 58.4 Å². The quantitative estimate of drug-likeness (QED) is 0.882. The molecule has 0 aromatic heterocycles. The third-order valence-electron chi connectivity index (χ3n) is 4.71. The molecule has 1 aromatic rings. The molecule has 3 atom stereocenters. The van der Waals surface area contributed by atoms with Crippen molar-refractivity contribution in [2.45, 2.75) is 44.3 Å². The largest absolute Gasteiger partial charge is 0.352 e. The van der Waals surface area contributed by atoms with E-state index in [1.54, 1.807) is 0 Å². The first kappa shape index (κ1) is 14.5. The first-order valence-corrected chi connectivity index (χ1v) is 8.03. The van der Waals surface area contributed by atoms with Gasteiger partial charge in [-0.3, -0.25) is 9.69 Å². The molecule has 0 spiro atoms. The van der Waals surface area contributed by atoms with E-state index in [1.165, 1.54) is 5.56 Å². The van der Waals surface area contributed by atoms with Crippen LogP contribution in [0.2, 0.25) is 0 Å². The summed E-state index contributed by atoms with van der Waals surface area (Å²) in [5.41, 5.74) is 7.23. The highest BCUT2D eigenvalue weighted by molar-refractivity contribution is 5.79. The Morgan fingerprint density at radius 1 is 1.24 bits per heavy atom. The van der Waals surface area contributed by atoms with Crippen molar-refractivity contribution in [3.63, 3.8) is 0 Å². The van der Waals surface area contributed by atoms with Crippen LogP contribution in [-0.2, 0) is 11.3 Å². The fraction of sp³-hybridized carbons (Fsp3) is 0.588. The highest BCUT2D eigenvalue weighted by atomic mass is 16.2. The van der Waals surface area contributed by atoms with E-state index in [0.29, 0.717) is 6.04 Å². The maximum Gasteiger partial charge on any atom is 0.223 e. The lowest BCUT2D eigenvalue weighted by atomic mass is 10.1. The average Bonchev–Trinajstić information content (AvgIpc) is 3.09. The molecule has 21 heavy (non-hydrogen) atoms. The Balaban J connectivity index is 1.45. The van der Waals surface area contributed by atoms with Crippen LogP contribution in [0.3, 0.4) is 0 Å². The molecule has 0 radical (unpaired) electrons. The molecule has 3 N–H and O–H groups in total. The number of amides is 1. The summed E-state index contributed by atoms with van der Waals surface area (Å²) in [7, 11) is 0. The molecule has 4 nitrogen and oxygen atoms in total. The highest BCUT2D eigenvalue weighted by Crippen LogP contribution is 2.24. The Morgan fingerprint density at radius 3 is 2.76 bits per heavy atom. The molecule has 3 unspecified atom stereocenters. The van der Waals surface area contributed by atoms with E-state index in [4.69, 9.17) is 5.73 Å². The summed E-state index contributed by atoms with van der Waals surface area (Å²) < 4.78 is 0. The summed E-state index contributed by atoms with van der Waals surface area (Å²) in [6.45, 7) is 2.99. The normalized spacial score (nSPS) is 29.7. The standard InChI is InChI=1S/C17H25N3O/c18-15-7-6-14(10-15)17(21)19-16-8-9-20(12-16)11-13-4-2-1-3-5-13/h1-5,14-16H,6-12,18H2,(H,19,21). The first-order chi connectivity index (χ1) is 10.2. The molecule has 3 rings (SSSR count). The smallest absolute Gasteiger partial charge is 0.223 e. The zero-order valence-corrected chi connectivity index (χ0v) is 12.5. The van der Waals surface area contributed by atoms with Crippen molar-refractivity contribution >= 4 is 5.91 Å². The number of likely N-dealkylation sites (tertiary alicyclic amines) is 1. The first-order valence-electron chi connectivity index (χ1n) is 8.03. The number of nitrogens with two attached hydrogens (primary N) is 1. The second-order valence-corrected chi connectivity index (χ2v) is 6.48. The third-order valence-corrected chi connectivity index (χ3v) is 4.71. The van der Waals surface area contributed by atoms with Gasteiger partial charge >= 0.3 is 0 Å². The average molecular weight is 287 g/mol. The summed E-state index contributed by atoms with van der Waals surface area (Å²) in [4.78, 5) is 14.6. The van der Waals surface area contributed by atoms with Gasteiger partial charge < -0.3 is 11.1 Å². The summed E-state index contributed by atoms with van der Waals surface area (Å²) >= 11 is 0. The van der Waals surface area contributed by atoms with Crippen molar-refractivity contribution in [3.8, 4) is 0 Å². The SMILES string of the molecule is NC1CCC(C(=O)NC2CCN(Cc3ccccc3)C2)C1. The number of hydrogen-bond donors (Lipinski definition) is 2. The molecule has 114 valence electrons. The monoisotopic (exact) mass is 287 g/mol. The van der Waals surface area contributed by atoms with E-state index in [2.05, 4.69) is 34.5 Å². The molecule has 2 aliphatic rings. The van der Waals surface area contributed by atoms with Gasteiger partial charge in [0.25, 0.3) is 0 Å². The Morgan fingerprint density at radius 2 is 2.05 bits per heavy atom. The van der Waals surface area contributed by atoms with Gasteiger partial charge in [-0.15, -0.1) is 0 Å². The molecule has 1 saturated carbocycles. The van der Waals surface area contributed by atoms with E-state index < -0.39 is 0 Å². The van der Waals surface area contributed by atoms with Gasteiger partial charge in [0.15, 0.2) is 0 Å². The molecule has 1 saturated heterocycles. The lowest BCUT2D eigenvalue weighted by Crippen LogP contribution is -2.40. The van der Waals surface area contributed by atoms with Crippen LogP contribution in [0, 0.1) is 5.92 Å². The van der Waals surface area contributed by atoms with Crippen molar-refractivity contribution < 1.29 is 4.79 Å². The number of carbonyl (C=O) groups excluding carboxylic acids is 1. The van der Waals surface area contributed by atoms with E-state index in [1.807, 2.05) is 6.07 Å². The molecule has 4 heteroatoms. The van der Waals surface area contributed by atoms with Crippen LogP contribution in [0.15, 0.2) is 30.3 Å². The summed E-state index contributed by atoms with van der Waals surface area (Å²) in [5.74, 6) is 0.359. The third kappa shape index (κ3) is 3.83. The molecular weight excluding hydrogens is 262 g/mol. The van der Waals surface area contributed by atoms with Gasteiger partial charge in [-0.1, -0.05) is 30.3 Å². The van der Waals surface area contributed by atoms with Gasteiger partial charge in [0.05, 0.1) is 0 Å². The predicted octanol–water partition coefficient (Wildman–Crippen LogP) is 1.50. The van der Waals surface area contributed by atoms with Crippen LogP contribution in [0.1, 0.15) is 31.2 Å². The minimum atomic E-state index is 0.142. The minimum Gasteiger partial charge on any atom is -0.352 e. The van der Waals surface area contributed by atoms with Crippen LogP contribution in [0.25, 0.3) is 0 Å². The zero-order valence-electron chi connectivity index (χ0n) is 12.5. The van der Waals surface area contributed by atoms with Crippen molar-refractivity contribution in [2.75, 3.05) is 13.1 Å². The number of carbonyl (C=O) groups is 1. The van der Waals surface area contributed by atoms with Crippen molar-refractivity contribution in [1.82, 2.24) is 10.2 Å². The fourth-order valence-electron chi connectivity index (χ4n) is 3.51. The van der Waals surface area contributed by atoms with Gasteiger partial charge in [0.2, 0.25) is 5.91 Å².